The Labute approximate surface area is 86.6 Å². The number of ether oxygens (including phenoxy) is 1. The maximum Gasteiger partial charge on any atom is 0.387 e. The summed E-state index contributed by atoms with van der Waals surface area (Å²) in [6.45, 7) is 1.15. The largest absolute Gasteiger partial charge is 0.435 e. The molecule has 0 aliphatic rings. The van der Waals surface area contributed by atoms with Gasteiger partial charge in [-0.25, -0.2) is 0 Å². The van der Waals surface area contributed by atoms with Gasteiger partial charge in [0.1, 0.15) is 5.75 Å². The first kappa shape index (κ1) is 11.2. The topological polar surface area (TPSA) is 9.23 Å². The molecule has 0 amide bonds. The Hall–Kier alpha value is -0.830. The lowest BCUT2D eigenvalue weighted by molar-refractivity contribution is -0.0498. The second kappa shape index (κ2) is 4.60. The third-order valence-electron chi connectivity index (χ3n) is 1.82. The predicted molar refractivity (Wildman–Crippen MR) is 52.2 cm³/mol. The molecule has 1 nitrogen and oxygen atoms in total. The molecule has 1 aromatic rings. The Bertz CT molecular complexity index is 313. The molecule has 0 unspecified atom stereocenters. The molecule has 0 aliphatic heterocycles. The van der Waals surface area contributed by atoms with E-state index in [1.807, 2.05) is 13.8 Å². The Kier molecular flexibility index (Phi) is 3.69. The molecule has 0 heterocycles. The minimum absolute atomic E-state index is 0.0920. The summed E-state index contributed by atoms with van der Waals surface area (Å²) in [5, 5.41) is 0.457. The Morgan fingerprint density at radius 2 is 1.93 bits per heavy atom. The minimum atomic E-state index is -2.81. The van der Waals surface area contributed by atoms with E-state index in [1.165, 1.54) is 12.1 Å². The van der Waals surface area contributed by atoms with Gasteiger partial charge in [0, 0.05) is 5.02 Å². The zero-order chi connectivity index (χ0) is 10.7. The highest BCUT2D eigenvalue weighted by Crippen LogP contribution is 2.28. The molecule has 0 aromatic heterocycles. The molecule has 0 radical (unpaired) electrons. The summed E-state index contributed by atoms with van der Waals surface area (Å²) in [5.74, 6) is 0.359. The van der Waals surface area contributed by atoms with Crippen molar-refractivity contribution < 1.29 is 13.5 Å². The first-order valence-electron chi connectivity index (χ1n) is 4.25. The minimum Gasteiger partial charge on any atom is -0.435 e. The highest BCUT2D eigenvalue weighted by Gasteiger charge is 2.09. The van der Waals surface area contributed by atoms with E-state index in [-0.39, 0.29) is 11.7 Å². The van der Waals surface area contributed by atoms with Gasteiger partial charge in [-0.05, 0) is 23.6 Å². The maximum atomic E-state index is 11.8. The first-order valence-corrected chi connectivity index (χ1v) is 4.62. The van der Waals surface area contributed by atoms with E-state index in [4.69, 9.17) is 11.6 Å². The number of hydrogen-bond donors (Lipinski definition) is 0. The summed E-state index contributed by atoms with van der Waals surface area (Å²) in [6, 6.07) is 4.60. The van der Waals surface area contributed by atoms with Crippen molar-refractivity contribution in [2.75, 3.05) is 0 Å². The van der Waals surface area contributed by atoms with Crippen LogP contribution in [0.4, 0.5) is 8.78 Å². The van der Waals surface area contributed by atoms with E-state index in [1.54, 1.807) is 6.07 Å². The molecule has 0 fully saturated rings. The molecule has 0 atom stereocenters. The van der Waals surface area contributed by atoms with Gasteiger partial charge < -0.3 is 4.74 Å². The van der Waals surface area contributed by atoms with Crippen LogP contribution >= 0.6 is 11.6 Å². The second-order valence-electron chi connectivity index (χ2n) is 3.22. The maximum absolute atomic E-state index is 11.8. The molecule has 0 saturated heterocycles. The van der Waals surface area contributed by atoms with Gasteiger partial charge in [-0.2, -0.15) is 8.78 Å². The molecule has 0 N–H and O–H groups in total. The summed E-state index contributed by atoms with van der Waals surface area (Å²) >= 11 is 5.88. The zero-order valence-electron chi connectivity index (χ0n) is 7.93. The van der Waals surface area contributed by atoms with Crippen LogP contribution < -0.4 is 4.74 Å². The fourth-order valence-electron chi connectivity index (χ4n) is 1.15. The first-order chi connectivity index (χ1) is 6.50. The van der Waals surface area contributed by atoms with Gasteiger partial charge in [0.15, 0.2) is 0 Å². The summed E-state index contributed by atoms with van der Waals surface area (Å²) in [5.41, 5.74) is 0.924. The number of benzene rings is 1. The Balaban J connectivity index is 2.89. The molecule has 78 valence electrons. The molecular weight excluding hydrogens is 210 g/mol. The van der Waals surface area contributed by atoms with Crippen molar-refractivity contribution >= 4 is 11.6 Å². The highest BCUT2D eigenvalue weighted by molar-refractivity contribution is 6.31. The predicted octanol–water partition coefficient (Wildman–Crippen LogP) is 4.06. The average molecular weight is 221 g/mol. The summed E-state index contributed by atoms with van der Waals surface area (Å²) in [6.07, 6.45) is 0. The van der Waals surface area contributed by atoms with E-state index in [9.17, 15) is 8.78 Å². The van der Waals surface area contributed by atoms with Gasteiger partial charge in [-0.3, -0.25) is 0 Å². The van der Waals surface area contributed by atoms with Gasteiger partial charge in [-0.1, -0.05) is 31.5 Å². The molecule has 1 rings (SSSR count). The van der Waals surface area contributed by atoms with E-state index in [2.05, 4.69) is 4.74 Å². The molecule has 0 spiro atoms. The normalized spacial score (nSPS) is 11.1. The fraction of sp³-hybridized carbons (Fsp3) is 0.400. The number of alkyl halides is 2. The van der Waals surface area contributed by atoms with Crippen LogP contribution in [0.15, 0.2) is 18.2 Å². The van der Waals surface area contributed by atoms with Crippen molar-refractivity contribution in [3.63, 3.8) is 0 Å². The third kappa shape index (κ3) is 2.84. The molecule has 14 heavy (non-hydrogen) atoms. The lowest BCUT2D eigenvalue weighted by Gasteiger charge is -2.10. The molecule has 0 bridgehead atoms. The van der Waals surface area contributed by atoms with Crippen LogP contribution in [0.25, 0.3) is 0 Å². The van der Waals surface area contributed by atoms with Gasteiger partial charge in [0.25, 0.3) is 0 Å². The molecule has 4 heteroatoms. The van der Waals surface area contributed by atoms with E-state index >= 15 is 0 Å². The monoisotopic (exact) mass is 220 g/mol. The van der Waals surface area contributed by atoms with Crippen LogP contribution in [0, 0.1) is 0 Å². The van der Waals surface area contributed by atoms with Crippen LogP contribution in [0.5, 0.6) is 5.75 Å². The smallest absolute Gasteiger partial charge is 0.387 e. The van der Waals surface area contributed by atoms with Gasteiger partial charge in [0.2, 0.25) is 0 Å². The van der Waals surface area contributed by atoms with Crippen molar-refractivity contribution in [1.82, 2.24) is 0 Å². The highest BCUT2D eigenvalue weighted by atomic mass is 35.5. The van der Waals surface area contributed by atoms with E-state index in [0.717, 1.165) is 5.56 Å². The lowest BCUT2D eigenvalue weighted by atomic mass is 10.0. The second-order valence-corrected chi connectivity index (χ2v) is 3.62. The fourth-order valence-corrected chi connectivity index (χ4v) is 1.54. The molecule has 1 aromatic carbocycles. The Morgan fingerprint density at radius 1 is 1.29 bits per heavy atom. The van der Waals surface area contributed by atoms with Crippen molar-refractivity contribution in [2.24, 2.45) is 0 Å². The SMILES string of the molecule is CC(C)c1ccc(OC(F)F)cc1Cl. The van der Waals surface area contributed by atoms with Crippen LogP contribution in [-0.2, 0) is 0 Å². The number of hydrogen-bond acceptors (Lipinski definition) is 1. The summed E-state index contributed by atoms with van der Waals surface area (Å²) in [4.78, 5) is 0. The van der Waals surface area contributed by atoms with Crippen molar-refractivity contribution in [1.29, 1.82) is 0 Å². The van der Waals surface area contributed by atoms with Crippen LogP contribution in [0.2, 0.25) is 5.02 Å². The van der Waals surface area contributed by atoms with Gasteiger partial charge >= 0.3 is 6.61 Å². The van der Waals surface area contributed by atoms with Crippen molar-refractivity contribution in [3.8, 4) is 5.75 Å². The molecule has 0 saturated carbocycles. The average Bonchev–Trinajstić information content (AvgIpc) is 2.01. The molecular formula is C10H11ClF2O. The number of rotatable bonds is 3. The van der Waals surface area contributed by atoms with Crippen LogP contribution in [0.1, 0.15) is 25.3 Å². The van der Waals surface area contributed by atoms with Gasteiger partial charge in [0.05, 0.1) is 0 Å². The zero-order valence-corrected chi connectivity index (χ0v) is 8.68. The number of halogens is 3. The van der Waals surface area contributed by atoms with Crippen molar-refractivity contribution in [3.05, 3.63) is 28.8 Å². The van der Waals surface area contributed by atoms with Crippen molar-refractivity contribution in [2.45, 2.75) is 26.4 Å². The van der Waals surface area contributed by atoms with Crippen LogP contribution in [0.3, 0.4) is 0 Å². The standard InChI is InChI=1S/C10H11ClF2O/c1-6(2)8-4-3-7(5-9(8)11)14-10(12)13/h3-6,10H,1-2H3. The molecule has 0 aliphatic carbocycles. The van der Waals surface area contributed by atoms with Gasteiger partial charge in [-0.15, -0.1) is 0 Å². The van der Waals surface area contributed by atoms with E-state index in [0.29, 0.717) is 5.02 Å². The van der Waals surface area contributed by atoms with E-state index < -0.39 is 6.61 Å². The summed E-state index contributed by atoms with van der Waals surface area (Å²) in [7, 11) is 0. The van der Waals surface area contributed by atoms with Crippen LogP contribution in [-0.4, -0.2) is 6.61 Å². The Morgan fingerprint density at radius 3 is 2.36 bits per heavy atom. The quantitative estimate of drug-likeness (QED) is 0.746. The summed E-state index contributed by atoms with van der Waals surface area (Å²) < 4.78 is 27.9. The lowest BCUT2D eigenvalue weighted by Crippen LogP contribution is -2.02. The third-order valence-corrected chi connectivity index (χ3v) is 2.15.